The maximum atomic E-state index is 12.2. The lowest BCUT2D eigenvalue weighted by atomic mass is 10.0. The monoisotopic (exact) mass is 260 g/mol. The Kier molecular flexibility index (Phi) is 3.37. The Hall–Kier alpha value is -1.26. The maximum absolute atomic E-state index is 12.2. The maximum Gasteiger partial charge on any atom is 0.231 e. The van der Waals surface area contributed by atoms with Gasteiger partial charge in [0.15, 0.2) is 17.3 Å². The van der Waals surface area contributed by atoms with Crippen LogP contribution in [0.15, 0.2) is 18.2 Å². The molecular formula is C12H16ClNO3. The normalized spacial score (nSPS) is 17.4. The number of ether oxygens (including phenoxy) is 2. The first kappa shape index (κ1) is 9.74. The third-order valence-electron chi connectivity index (χ3n) is 2.56. The molecule has 1 aromatic carbocycles. The van der Waals surface area contributed by atoms with E-state index in [1.165, 1.54) is 0 Å². The fourth-order valence-electron chi connectivity index (χ4n) is 1.60. The van der Waals surface area contributed by atoms with Crippen molar-refractivity contribution in [2.45, 2.75) is 19.4 Å². The number of carbonyl (C=O) groups is 1. The Labute approximate surface area is 111 Å². The van der Waals surface area contributed by atoms with Crippen molar-refractivity contribution in [2.24, 2.45) is 0 Å². The zero-order chi connectivity index (χ0) is 14.0. The minimum absolute atomic E-state index is 0. The van der Waals surface area contributed by atoms with Crippen molar-refractivity contribution in [3.63, 3.8) is 0 Å². The zero-order valence-electron chi connectivity index (χ0n) is 12.4. The van der Waals surface area contributed by atoms with Crippen LogP contribution in [0.4, 0.5) is 0 Å². The first-order valence-corrected chi connectivity index (χ1v) is 5.12. The summed E-state index contributed by atoms with van der Waals surface area (Å²) in [5.74, 6) is 0.833. The number of Topliss-reactive ketones (excluding diaryl/α,β-unsaturated/α-hetero) is 1. The van der Waals surface area contributed by atoms with Crippen LogP contribution in [-0.2, 0) is 0 Å². The summed E-state index contributed by atoms with van der Waals surface area (Å²) < 4.78 is 31.9. The second-order valence-electron chi connectivity index (χ2n) is 3.54. The van der Waals surface area contributed by atoms with Gasteiger partial charge >= 0.3 is 0 Å². The number of carbonyl (C=O) groups excluding carboxylic acids is 1. The number of hydrogen-bond acceptors (Lipinski definition) is 4. The third kappa shape index (κ3) is 2.70. The van der Waals surface area contributed by atoms with Gasteiger partial charge in [0.25, 0.3) is 0 Å². The molecular weight excluding hydrogens is 242 g/mol. The van der Waals surface area contributed by atoms with Crippen LogP contribution in [-0.4, -0.2) is 25.6 Å². The standard InChI is InChI=1S/C12H15NO3.ClH/c1-3-9(13-2)12(14)8-4-5-10-11(6-8)16-7-15-10;/h4-6,9,13H,3,7H2,1-2H3;1H/i2D3;. The average molecular weight is 261 g/mol. The summed E-state index contributed by atoms with van der Waals surface area (Å²) in [5.41, 5.74) is 0.410. The molecule has 1 aromatic rings. The molecule has 1 N–H and O–H groups in total. The van der Waals surface area contributed by atoms with Gasteiger partial charge < -0.3 is 14.8 Å². The van der Waals surface area contributed by atoms with Crippen molar-refractivity contribution in [1.82, 2.24) is 5.32 Å². The fraction of sp³-hybridized carbons (Fsp3) is 0.417. The molecule has 0 amide bonds. The lowest BCUT2D eigenvalue weighted by molar-refractivity contribution is 0.0944. The summed E-state index contributed by atoms with van der Waals surface area (Å²) >= 11 is 0. The largest absolute Gasteiger partial charge is 0.454 e. The molecule has 1 atom stereocenters. The highest BCUT2D eigenvalue weighted by atomic mass is 35.5. The number of likely N-dealkylation sites (N-methyl/N-ethyl adjacent to an activating group) is 1. The first-order valence-electron chi connectivity index (χ1n) is 6.62. The van der Waals surface area contributed by atoms with Gasteiger partial charge in [0, 0.05) is 9.68 Å². The van der Waals surface area contributed by atoms with E-state index in [0.717, 1.165) is 0 Å². The molecule has 1 unspecified atom stereocenters. The van der Waals surface area contributed by atoms with E-state index in [0.29, 0.717) is 23.5 Å². The highest BCUT2D eigenvalue weighted by Crippen LogP contribution is 2.32. The van der Waals surface area contributed by atoms with E-state index in [1.54, 1.807) is 25.1 Å². The molecule has 0 bridgehead atoms. The van der Waals surface area contributed by atoms with Crippen LogP contribution in [0.25, 0.3) is 0 Å². The Bertz CT molecular complexity index is 493. The third-order valence-corrected chi connectivity index (χ3v) is 2.56. The summed E-state index contributed by atoms with van der Waals surface area (Å²) in [5, 5.41) is 2.35. The highest BCUT2D eigenvalue weighted by molar-refractivity contribution is 6.00. The molecule has 0 aliphatic carbocycles. The van der Waals surface area contributed by atoms with E-state index < -0.39 is 13.0 Å². The molecule has 94 valence electrons. The van der Waals surface area contributed by atoms with Crippen molar-refractivity contribution < 1.29 is 18.4 Å². The Morgan fingerprint density at radius 1 is 1.53 bits per heavy atom. The molecule has 0 saturated carbocycles. The lowest BCUT2D eigenvalue weighted by Crippen LogP contribution is -2.33. The number of hydrogen-bond donors (Lipinski definition) is 1. The van der Waals surface area contributed by atoms with Crippen molar-refractivity contribution in [3.8, 4) is 11.5 Å². The number of benzene rings is 1. The molecule has 1 aliphatic heterocycles. The number of halogens is 1. The zero-order valence-corrected chi connectivity index (χ0v) is 10.2. The number of fused-ring (bicyclic) bond motifs is 1. The molecule has 5 heteroatoms. The van der Waals surface area contributed by atoms with Crippen LogP contribution in [0.3, 0.4) is 0 Å². The van der Waals surface area contributed by atoms with Gasteiger partial charge in [-0.15, -0.1) is 12.4 Å². The van der Waals surface area contributed by atoms with E-state index in [4.69, 9.17) is 13.6 Å². The van der Waals surface area contributed by atoms with Crippen molar-refractivity contribution in [1.29, 1.82) is 0 Å². The lowest BCUT2D eigenvalue weighted by Gasteiger charge is -2.12. The van der Waals surface area contributed by atoms with Gasteiger partial charge in [-0.1, -0.05) is 6.92 Å². The predicted molar refractivity (Wildman–Crippen MR) is 67.3 cm³/mol. The van der Waals surface area contributed by atoms with Gasteiger partial charge in [-0.25, -0.2) is 0 Å². The van der Waals surface area contributed by atoms with Gasteiger partial charge in [-0.3, -0.25) is 4.79 Å². The summed E-state index contributed by atoms with van der Waals surface area (Å²) in [7, 11) is 0. The Morgan fingerprint density at radius 3 is 3.00 bits per heavy atom. The minimum atomic E-state index is -2.34. The van der Waals surface area contributed by atoms with E-state index >= 15 is 0 Å². The molecule has 0 spiro atoms. The van der Waals surface area contributed by atoms with Crippen LogP contribution in [0, 0.1) is 0 Å². The highest BCUT2D eigenvalue weighted by Gasteiger charge is 2.20. The fourth-order valence-corrected chi connectivity index (χ4v) is 1.60. The van der Waals surface area contributed by atoms with E-state index in [1.807, 2.05) is 0 Å². The second kappa shape index (κ2) is 5.89. The number of ketones is 1. The quantitative estimate of drug-likeness (QED) is 0.842. The van der Waals surface area contributed by atoms with Crippen LogP contribution >= 0.6 is 12.4 Å². The molecule has 1 aliphatic rings. The Morgan fingerprint density at radius 2 is 2.29 bits per heavy atom. The van der Waals surface area contributed by atoms with Crippen LogP contribution < -0.4 is 14.8 Å². The first-order chi connectivity index (χ1) is 8.90. The molecule has 0 radical (unpaired) electrons. The SMILES string of the molecule is Cl.[2H]C([2H])([2H])NC(CC)C(=O)c1ccc2c(c1)OCO2. The second-order valence-corrected chi connectivity index (χ2v) is 3.54. The molecule has 4 nitrogen and oxygen atoms in total. The van der Waals surface area contributed by atoms with E-state index in [9.17, 15) is 4.79 Å². The summed E-state index contributed by atoms with van der Waals surface area (Å²) in [6, 6.07) is 4.10. The number of rotatable bonds is 4. The van der Waals surface area contributed by atoms with Crippen LogP contribution in [0.2, 0.25) is 0 Å². The van der Waals surface area contributed by atoms with Gasteiger partial charge in [0.1, 0.15) is 0 Å². The smallest absolute Gasteiger partial charge is 0.231 e. The summed E-state index contributed by atoms with van der Waals surface area (Å²) in [6.45, 7) is -0.446. The molecule has 17 heavy (non-hydrogen) atoms. The van der Waals surface area contributed by atoms with Crippen LogP contribution in [0.5, 0.6) is 11.5 Å². The minimum Gasteiger partial charge on any atom is -0.454 e. The molecule has 1 heterocycles. The molecule has 0 saturated heterocycles. The molecule has 2 rings (SSSR count). The van der Waals surface area contributed by atoms with Crippen molar-refractivity contribution >= 4 is 18.2 Å². The predicted octanol–water partition coefficient (Wildman–Crippen LogP) is 2.02. The Balaban J connectivity index is 0.00000200. The summed E-state index contributed by atoms with van der Waals surface area (Å²) in [4.78, 5) is 12.2. The van der Waals surface area contributed by atoms with E-state index in [2.05, 4.69) is 5.32 Å². The molecule has 0 fully saturated rings. The van der Waals surface area contributed by atoms with Gasteiger partial charge in [0.05, 0.1) is 6.04 Å². The van der Waals surface area contributed by atoms with Crippen molar-refractivity contribution in [2.75, 3.05) is 13.8 Å². The average Bonchev–Trinajstić information content (AvgIpc) is 2.81. The number of nitrogens with one attached hydrogen (secondary N) is 1. The van der Waals surface area contributed by atoms with Gasteiger partial charge in [-0.05, 0) is 31.6 Å². The van der Waals surface area contributed by atoms with E-state index in [-0.39, 0.29) is 25.0 Å². The van der Waals surface area contributed by atoms with Crippen LogP contribution in [0.1, 0.15) is 27.8 Å². The topological polar surface area (TPSA) is 47.6 Å². The van der Waals surface area contributed by atoms with Gasteiger partial charge in [0.2, 0.25) is 6.79 Å². The van der Waals surface area contributed by atoms with Crippen molar-refractivity contribution in [3.05, 3.63) is 23.8 Å². The summed E-state index contributed by atoms with van der Waals surface area (Å²) in [6.07, 6.45) is 0.395. The molecule has 0 aromatic heterocycles. The van der Waals surface area contributed by atoms with Gasteiger partial charge in [-0.2, -0.15) is 0 Å².